The molecule has 0 aliphatic rings. The van der Waals surface area contributed by atoms with Crippen molar-refractivity contribution in [2.75, 3.05) is 13.0 Å². The molecule has 0 aromatic heterocycles. The SMILES string of the molecule is COc1c(C)cc(C)cc1C(=O)CCCCl. The molecule has 0 radical (unpaired) electrons. The Labute approximate surface area is 102 Å². The summed E-state index contributed by atoms with van der Waals surface area (Å²) in [4.78, 5) is 11.9. The number of halogens is 1. The molecule has 0 fully saturated rings. The van der Waals surface area contributed by atoms with Crippen molar-refractivity contribution in [1.29, 1.82) is 0 Å². The standard InChI is InChI=1S/C13H17ClO2/c1-9-7-10(2)13(16-3)11(8-9)12(15)5-4-6-14/h7-8H,4-6H2,1-3H3. The molecule has 0 N–H and O–H groups in total. The molecule has 1 aromatic carbocycles. The summed E-state index contributed by atoms with van der Waals surface area (Å²) in [6.07, 6.45) is 1.18. The number of carbonyl (C=O) groups is 1. The Morgan fingerprint density at radius 2 is 2.06 bits per heavy atom. The van der Waals surface area contributed by atoms with Crippen molar-refractivity contribution < 1.29 is 9.53 Å². The van der Waals surface area contributed by atoms with Crippen molar-refractivity contribution in [3.8, 4) is 5.75 Å². The van der Waals surface area contributed by atoms with E-state index in [1.807, 2.05) is 26.0 Å². The van der Waals surface area contributed by atoms with Crippen molar-refractivity contribution in [1.82, 2.24) is 0 Å². The Morgan fingerprint density at radius 3 is 2.62 bits per heavy atom. The van der Waals surface area contributed by atoms with Gasteiger partial charge in [0.25, 0.3) is 0 Å². The van der Waals surface area contributed by atoms with Crippen molar-refractivity contribution in [2.45, 2.75) is 26.7 Å². The van der Waals surface area contributed by atoms with Gasteiger partial charge in [-0.1, -0.05) is 6.07 Å². The predicted molar refractivity (Wildman–Crippen MR) is 66.8 cm³/mol. The Hall–Kier alpha value is -1.02. The van der Waals surface area contributed by atoms with E-state index >= 15 is 0 Å². The van der Waals surface area contributed by atoms with Crippen LogP contribution in [0.3, 0.4) is 0 Å². The minimum Gasteiger partial charge on any atom is -0.496 e. The summed E-state index contributed by atoms with van der Waals surface area (Å²) in [5.41, 5.74) is 2.74. The third-order valence-corrected chi connectivity index (χ3v) is 2.73. The summed E-state index contributed by atoms with van der Waals surface area (Å²) in [6, 6.07) is 3.89. The molecule has 0 saturated carbocycles. The van der Waals surface area contributed by atoms with E-state index in [0.717, 1.165) is 11.1 Å². The molecular weight excluding hydrogens is 224 g/mol. The van der Waals surface area contributed by atoms with E-state index in [2.05, 4.69) is 0 Å². The van der Waals surface area contributed by atoms with Gasteiger partial charge >= 0.3 is 0 Å². The average molecular weight is 241 g/mol. The number of methoxy groups -OCH3 is 1. The van der Waals surface area contributed by atoms with Gasteiger partial charge in [-0.2, -0.15) is 0 Å². The summed E-state index contributed by atoms with van der Waals surface area (Å²) in [6.45, 7) is 3.93. The molecule has 0 unspecified atom stereocenters. The molecule has 3 heteroatoms. The topological polar surface area (TPSA) is 26.3 Å². The van der Waals surface area contributed by atoms with Crippen molar-refractivity contribution >= 4 is 17.4 Å². The first-order valence-corrected chi connectivity index (χ1v) is 5.88. The summed E-state index contributed by atoms with van der Waals surface area (Å²) >= 11 is 5.59. The number of rotatable bonds is 5. The highest BCUT2D eigenvalue weighted by Gasteiger charge is 2.14. The number of alkyl halides is 1. The summed E-state index contributed by atoms with van der Waals surface area (Å²) in [5, 5.41) is 0. The molecule has 0 aliphatic carbocycles. The Kier molecular flexibility index (Phi) is 4.81. The highest BCUT2D eigenvalue weighted by Crippen LogP contribution is 2.26. The van der Waals surface area contributed by atoms with Crippen LogP contribution in [0.5, 0.6) is 5.75 Å². The Bertz CT molecular complexity index is 386. The van der Waals surface area contributed by atoms with E-state index in [-0.39, 0.29) is 5.78 Å². The molecule has 16 heavy (non-hydrogen) atoms. The van der Waals surface area contributed by atoms with Gasteiger partial charge in [0.05, 0.1) is 12.7 Å². The third kappa shape index (κ3) is 2.99. The quantitative estimate of drug-likeness (QED) is 0.582. The molecule has 0 heterocycles. The van der Waals surface area contributed by atoms with E-state index < -0.39 is 0 Å². The predicted octanol–water partition coefficient (Wildman–Crippen LogP) is 3.51. The number of carbonyl (C=O) groups excluding carboxylic acids is 1. The zero-order chi connectivity index (χ0) is 12.1. The Morgan fingerprint density at radius 1 is 1.38 bits per heavy atom. The third-order valence-electron chi connectivity index (χ3n) is 2.46. The van der Waals surface area contributed by atoms with Crippen LogP contribution in [-0.2, 0) is 0 Å². The summed E-state index contributed by atoms with van der Waals surface area (Å²) < 4.78 is 5.28. The monoisotopic (exact) mass is 240 g/mol. The van der Waals surface area contributed by atoms with E-state index in [1.165, 1.54) is 0 Å². The first kappa shape index (κ1) is 13.0. The van der Waals surface area contributed by atoms with E-state index in [4.69, 9.17) is 16.3 Å². The number of aryl methyl sites for hydroxylation is 2. The second kappa shape index (κ2) is 5.90. The van der Waals surface area contributed by atoms with E-state index in [9.17, 15) is 4.79 Å². The van der Waals surface area contributed by atoms with Crippen LogP contribution in [0.25, 0.3) is 0 Å². The van der Waals surface area contributed by atoms with Crippen LogP contribution in [0.15, 0.2) is 12.1 Å². The highest BCUT2D eigenvalue weighted by molar-refractivity contribution is 6.18. The summed E-state index contributed by atoms with van der Waals surface area (Å²) in [7, 11) is 1.59. The van der Waals surface area contributed by atoms with Crippen LogP contribution < -0.4 is 4.74 Å². The van der Waals surface area contributed by atoms with Crippen molar-refractivity contribution in [2.24, 2.45) is 0 Å². The maximum Gasteiger partial charge on any atom is 0.166 e. The summed E-state index contributed by atoms with van der Waals surface area (Å²) in [5.74, 6) is 1.30. The maximum atomic E-state index is 11.9. The molecule has 2 nitrogen and oxygen atoms in total. The molecule has 88 valence electrons. The van der Waals surface area contributed by atoms with Gasteiger partial charge in [-0.05, 0) is 37.5 Å². The van der Waals surface area contributed by atoms with Gasteiger partial charge in [0.2, 0.25) is 0 Å². The smallest absolute Gasteiger partial charge is 0.166 e. The number of ether oxygens (including phenoxy) is 1. The molecular formula is C13H17ClO2. The first-order valence-electron chi connectivity index (χ1n) is 5.34. The lowest BCUT2D eigenvalue weighted by Crippen LogP contribution is -2.04. The molecule has 0 bridgehead atoms. The van der Waals surface area contributed by atoms with Gasteiger partial charge < -0.3 is 4.74 Å². The number of Topliss-reactive ketones (excluding diaryl/α,β-unsaturated/α-hetero) is 1. The van der Waals surface area contributed by atoms with Crippen LogP contribution in [0.1, 0.15) is 34.3 Å². The first-order chi connectivity index (χ1) is 7.60. The largest absolute Gasteiger partial charge is 0.496 e. The van der Waals surface area contributed by atoms with Crippen LogP contribution in [0.4, 0.5) is 0 Å². The fourth-order valence-corrected chi connectivity index (χ4v) is 1.93. The molecule has 0 spiro atoms. The Balaban J connectivity index is 3.05. The lowest BCUT2D eigenvalue weighted by molar-refractivity contribution is 0.0978. The van der Waals surface area contributed by atoms with Crippen molar-refractivity contribution in [3.05, 3.63) is 28.8 Å². The van der Waals surface area contributed by atoms with Crippen LogP contribution in [-0.4, -0.2) is 18.8 Å². The van der Waals surface area contributed by atoms with Gasteiger partial charge in [0.15, 0.2) is 5.78 Å². The molecule has 0 atom stereocenters. The van der Waals surface area contributed by atoms with Gasteiger partial charge in [-0.15, -0.1) is 11.6 Å². The fourth-order valence-electron chi connectivity index (χ4n) is 1.79. The molecule has 1 rings (SSSR count). The van der Waals surface area contributed by atoms with Gasteiger partial charge in [0.1, 0.15) is 5.75 Å². The van der Waals surface area contributed by atoms with Gasteiger partial charge in [0, 0.05) is 12.3 Å². The van der Waals surface area contributed by atoms with E-state index in [0.29, 0.717) is 30.0 Å². The number of hydrogen-bond donors (Lipinski definition) is 0. The second-order valence-electron chi connectivity index (χ2n) is 3.88. The van der Waals surface area contributed by atoms with Crippen LogP contribution in [0.2, 0.25) is 0 Å². The van der Waals surface area contributed by atoms with Crippen LogP contribution in [0, 0.1) is 13.8 Å². The number of ketones is 1. The normalized spacial score (nSPS) is 10.2. The minimum absolute atomic E-state index is 0.101. The minimum atomic E-state index is 0.101. The molecule has 1 aromatic rings. The molecule has 0 aliphatic heterocycles. The highest BCUT2D eigenvalue weighted by atomic mass is 35.5. The number of hydrogen-bond acceptors (Lipinski definition) is 2. The zero-order valence-electron chi connectivity index (χ0n) is 9.97. The van der Waals surface area contributed by atoms with Gasteiger partial charge in [-0.3, -0.25) is 4.79 Å². The number of benzene rings is 1. The van der Waals surface area contributed by atoms with Crippen molar-refractivity contribution in [3.63, 3.8) is 0 Å². The fraction of sp³-hybridized carbons (Fsp3) is 0.462. The lowest BCUT2D eigenvalue weighted by atomic mass is 10.00. The van der Waals surface area contributed by atoms with Crippen LogP contribution >= 0.6 is 11.6 Å². The molecule has 0 saturated heterocycles. The molecule has 0 amide bonds. The van der Waals surface area contributed by atoms with E-state index in [1.54, 1.807) is 7.11 Å². The second-order valence-corrected chi connectivity index (χ2v) is 4.26. The average Bonchev–Trinajstić information content (AvgIpc) is 2.24. The zero-order valence-corrected chi connectivity index (χ0v) is 10.7. The lowest BCUT2D eigenvalue weighted by Gasteiger charge is -2.11. The van der Waals surface area contributed by atoms with Gasteiger partial charge in [-0.25, -0.2) is 0 Å². The maximum absolute atomic E-state index is 11.9.